The van der Waals surface area contributed by atoms with E-state index in [2.05, 4.69) is 117 Å². The summed E-state index contributed by atoms with van der Waals surface area (Å²) in [5, 5.41) is 92.1. The van der Waals surface area contributed by atoms with Crippen LogP contribution in [0.4, 0.5) is 0 Å². The number of guanidine groups is 2. The highest BCUT2D eigenvalue weighted by Gasteiger charge is 2.40. The molecule has 146 heavy (non-hydrogen) atoms. The summed E-state index contributed by atoms with van der Waals surface area (Å²) >= 11 is 0. The van der Waals surface area contributed by atoms with E-state index in [9.17, 15) is 101 Å². The number of nitrogens with one attached hydrogen (secondary N) is 24. The molecule has 42 N–H and O–H groups in total. The summed E-state index contributed by atoms with van der Waals surface area (Å²) in [6, 6.07) is -6.80. The third-order valence-corrected chi connectivity index (χ3v) is 22.8. The van der Waals surface area contributed by atoms with E-state index >= 15 is 14.4 Å². The number of amides is 22. The molecule has 810 valence electrons. The third kappa shape index (κ3) is 49.9. The Morgan fingerprint density at radius 1 is 0.411 bits per heavy atom. The Kier molecular flexibility index (Phi) is 57.8. The summed E-state index contributed by atoms with van der Waals surface area (Å²) < 4.78 is 0. The van der Waals surface area contributed by atoms with Crippen LogP contribution in [0.1, 0.15) is 172 Å². The number of nitrogens with two attached hydrogens (primary N) is 8. The number of carbonyl (C=O) groups excluding carboxylic acids is 22. The van der Waals surface area contributed by atoms with Crippen molar-refractivity contribution in [2.45, 2.75) is 265 Å². The fourth-order valence-electron chi connectivity index (χ4n) is 14.8. The van der Waals surface area contributed by atoms with Gasteiger partial charge in [-0.25, -0.2) is 0 Å². The molecular formula is C90H146N32O24. The first-order valence-electron chi connectivity index (χ1n) is 48.3. The van der Waals surface area contributed by atoms with Gasteiger partial charge in [-0.05, 0) is 166 Å². The Balaban J connectivity index is 1.71. The second-order valence-electron chi connectivity index (χ2n) is 34.9. The molecule has 22 amide bonds. The molecule has 0 bridgehead atoms. The highest BCUT2D eigenvalue weighted by Crippen LogP contribution is 2.16. The molecule has 2 heterocycles. The minimum atomic E-state index is -2.06. The third-order valence-electron chi connectivity index (χ3n) is 22.8. The number of carbonyl (C=O) groups is 22. The van der Waals surface area contributed by atoms with Crippen LogP contribution in [0.2, 0.25) is 0 Å². The molecule has 56 nitrogen and oxygen atoms in total. The van der Waals surface area contributed by atoms with Crippen LogP contribution >= 0.6 is 0 Å². The van der Waals surface area contributed by atoms with Crippen LogP contribution in [0.3, 0.4) is 0 Å². The van der Waals surface area contributed by atoms with Crippen molar-refractivity contribution in [2.24, 2.45) is 45.9 Å². The average Bonchev–Trinajstić information content (AvgIpc) is 0.892. The maximum Gasteiger partial charge on any atom is 0.245 e. The Hall–Kier alpha value is -14.9. The quantitative estimate of drug-likeness (QED) is 0.0166. The van der Waals surface area contributed by atoms with Crippen molar-refractivity contribution in [3.05, 3.63) is 71.8 Å². The van der Waals surface area contributed by atoms with E-state index in [1.165, 1.54) is 0 Å². The summed E-state index contributed by atoms with van der Waals surface area (Å²) in [5.74, 6) is -24.1. The van der Waals surface area contributed by atoms with E-state index in [0.29, 0.717) is 12.1 Å². The van der Waals surface area contributed by atoms with Crippen LogP contribution in [0.5, 0.6) is 0 Å². The zero-order chi connectivity index (χ0) is 108. The fraction of sp³-hybridized carbons (Fsp3) is 0.600. The molecule has 2 aromatic carbocycles. The Labute approximate surface area is 842 Å². The molecule has 0 unspecified atom stereocenters. The Morgan fingerprint density at radius 2 is 0.849 bits per heavy atom. The molecule has 2 aromatic rings. The second-order valence-corrected chi connectivity index (χ2v) is 34.9. The number of rotatable bonds is 51. The second kappa shape index (κ2) is 68.3. The topological polar surface area (TPSA) is 937 Å². The minimum Gasteiger partial charge on any atom is -0.394 e. The smallest absolute Gasteiger partial charge is 0.245 e. The number of benzene rings is 2. The van der Waals surface area contributed by atoms with Crippen molar-refractivity contribution < 1.29 is 116 Å². The monoisotopic (exact) mass is 2060 g/mol. The lowest BCUT2D eigenvalue weighted by Crippen LogP contribution is -2.61. The Morgan fingerprint density at radius 3 is 1.38 bits per heavy atom. The van der Waals surface area contributed by atoms with E-state index < -0.39 is 291 Å². The van der Waals surface area contributed by atoms with E-state index in [0.717, 1.165) is 12.5 Å². The lowest BCUT2D eigenvalue weighted by Gasteiger charge is -2.28. The van der Waals surface area contributed by atoms with Crippen LogP contribution in [0, 0.1) is 10.8 Å². The van der Waals surface area contributed by atoms with Gasteiger partial charge in [0.05, 0.1) is 58.2 Å². The number of aliphatic hydroxyl groups is 2. The summed E-state index contributed by atoms with van der Waals surface area (Å²) in [5.41, 5.74) is 46.6. The van der Waals surface area contributed by atoms with Crippen LogP contribution in [-0.2, 0) is 118 Å². The zero-order valence-corrected chi connectivity index (χ0v) is 81.8. The summed E-state index contributed by atoms with van der Waals surface area (Å²) in [7, 11) is 0. The van der Waals surface area contributed by atoms with Crippen LogP contribution < -0.4 is 163 Å². The van der Waals surface area contributed by atoms with Crippen molar-refractivity contribution in [3.8, 4) is 0 Å². The maximum atomic E-state index is 15.1. The largest absolute Gasteiger partial charge is 0.394 e. The maximum absolute atomic E-state index is 15.1. The van der Waals surface area contributed by atoms with Crippen molar-refractivity contribution in [2.75, 3.05) is 78.6 Å². The summed E-state index contributed by atoms with van der Waals surface area (Å²) in [6.07, 6.45) is -6.68. The molecule has 2 saturated heterocycles. The number of unbranched alkanes of at least 4 members (excludes halogenated alkanes) is 3. The SMILES string of the molecule is C[C@@H](O)[C@H](NC(=O)[C@H](Cc1ccccc1)NC(=O)CNC(=O)CNC(=O)CNCc1ccccc1)C(=O)NCC(=O)N[C@H]1CCCCNC(=O)C[C@@H](C(=O)N[C@@H](CCCNC(=N)N)C(=O)N[C@@H](CCCCN)C(=O)N[C@H]2CCCCNC(=O)C[C@@H](C(N)=O)NC(=O)[C@H](CCC(N)=O)NC(=O)[C@H](CC(N)=O)NC(=O)[C@H](CCCCN)NC2=O)NC(=O)[C@H](CO)NC(=O)[C@H](CCCCN)NC(=O)[C@H](CCCNC(=N)N)NC1=O. The van der Waals surface area contributed by atoms with Crippen LogP contribution in [-0.4, -0.2) is 321 Å². The molecule has 56 heteroatoms. The Bertz CT molecular complexity index is 4720. The normalized spacial score (nSPS) is 20.5. The van der Waals surface area contributed by atoms with E-state index in [-0.39, 0.29) is 181 Å². The zero-order valence-electron chi connectivity index (χ0n) is 81.8. The molecule has 0 aromatic heterocycles. The highest BCUT2D eigenvalue weighted by atomic mass is 16.3. The highest BCUT2D eigenvalue weighted by molar-refractivity contribution is 6.03. The van der Waals surface area contributed by atoms with Gasteiger partial charge in [0, 0.05) is 45.6 Å². The van der Waals surface area contributed by atoms with Gasteiger partial charge < -0.3 is 173 Å². The molecule has 0 aliphatic carbocycles. The first kappa shape index (κ1) is 123. The van der Waals surface area contributed by atoms with Gasteiger partial charge in [-0.1, -0.05) is 60.7 Å². The van der Waals surface area contributed by atoms with E-state index in [1.54, 1.807) is 30.3 Å². The van der Waals surface area contributed by atoms with Gasteiger partial charge in [0.15, 0.2) is 11.9 Å². The molecule has 2 aliphatic heterocycles. The number of hydrogen-bond donors (Lipinski definition) is 34. The minimum absolute atomic E-state index is 0.00543. The molecule has 2 fully saturated rings. The van der Waals surface area contributed by atoms with Gasteiger partial charge >= 0.3 is 0 Å². The van der Waals surface area contributed by atoms with E-state index in [1.807, 2.05) is 30.3 Å². The number of aliphatic hydroxyl groups excluding tert-OH is 2. The first-order chi connectivity index (χ1) is 69.5. The van der Waals surface area contributed by atoms with Gasteiger partial charge in [0.2, 0.25) is 130 Å². The van der Waals surface area contributed by atoms with Gasteiger partial charge in [-0.2, -0.15) is 0 Å². The van der Waals surface area contributed by atoms with Crippen molar-refractivity contribution in [1.82, 2.24) is 117 Å². The first-order valence-corrected chi connectivity index (χ1v) is 48.3. The lowest BCUT2D eigenvalue weighted by atomic mass is 10.0. The molecule has 4 rings (SSSR count). The standard InChI is InChI=1S/C90H146N32O24/c1-50(124)74(122-86(144)62(40-51-20-4-2-5-21-51)110-72(131)47-107-71(130)46-106-70(129)45-101-44-52-22-6-3-7-23-52)88(146)108-48-73(132)109-53-27-11-16-37-103-69(128)43-64(120-87(145)65(49-123)121-82(140)56(26-10-15-35-93)113-79(137)58(115-76(53)134)29-18-38-104-89(97)98)85(143)116-59(30-19-39-105-90(99)100)80(138)111-54(24-8-13-33-91)77(135)114-57-28-12-17-36-102-68(127)42-61(75(96)133)118-83(141)60(31-32-66(94)125)117-84(142)63(41-67(95)126)119-81(139)55(112-78(57)136)25-9-14-34-92/h2-7,20-23,50,53-65,74,101,123-124H,8-19,24-49,91-93H2,1H3,(H2,94,125)(H2,95,126)(H2,96,133)(H,102,127)(H,103,128)(H,106,129)(H,107,130)(H,108,146)(H,109,132)(H,110,131)(H,111,138)(H,112,136)(H,113,137)(H,114,135)(H,115,134)(H,116,143)(H,117,142)(H,118,141)(H,119,139)(H,120,145)(H,121,140)(H,122,144)(H4,97,98,104)(H4,99,100,105)/t50-,53+,54+,55+,56+,57+,58+,59+,60+,61+,62+,63+,64+,65+,74+/m1/s1. The predicted molar refractivity (Wildman–Crippen MR) is 525 cm³/mol. The van der Waals surface area contributed by atoms with Crippen LogP contribution in [0.15, 0.2) is 60.7 Å². The number of hydrogen-bond acceptors (Lipinski definition) is 30. The van der Waals surface area contributed by atoms with Crippen molar-refractivity contribution in [3.63, 3.8) is 0 Å². The van der Waals surface area contributed by atoms with Gasteiger partial charge in [-0.15, -0.1) is 0 Å². The van der Waals surface area contributed by atoms with Gasteiger partial charge in [-0.3, -0.25) is 116 Å². The lowest BCUT2D eigenvalue weighted by molar-refractivity contribution is -0.137. The fourth-order valence-corrected chi connectivity index (χ4v) is 14.8. The van der Waals surface area contributed by atoms with Crippen molar-refractivity contribution >= 4 is 142 Å². The molecular weight excluding hydrogens is 1910 g/mol. The van der Waals surface area contributed by atoms with E-state index in [4.69, 9.17) is 56.7 Å². The molecule has 0 radical (unpaired) electrons. The van der Waals surface area contributed by atoms with Gasteiger partial charge in [0.1, 0.15) is 84.6 Å². The molecule has 15 atom stereocenters. The predicted octanol–water partition coefficient (Wildman–Crippen LogP) is -13.6. The number of primary amides is 3. The van der Waals surface area contributed by atoms with Crippen molar-refractivity contribution in [1.29, 1.82) is 10.8 Å². The molecule has 0 saturated carbocycles. The van der Waals surface area contributed by atoms with Gasteiger partial charge in [0.25, 0.3) is 0 Å². The summed E-state index contributed by atoms with van der Waals surface area (Å²) in [4.78, 5) is 307. The molecule has 2 aliphatic rings. The molecule has 0 spiro atoms. The average molecular weight is 2060 g/mol. The summed E-state index contributed by atoms with van der Waals surface area (Å²) in [6.45, 7) is -2.42. The van der Waals surface area contributed by atoms with Crippen LogP contribution in [0.25, 0.3) is 0 Å².